The van der Waals surface area contributed by atoms with Crippen LogP contribution in [0.25, 0.3) is 0 Å². The predicted octanol–water partition coefficient (Wildman–Crippen LogP) is 2.67. The van der Waals surface area contributed by atoms with Gasteiger partial charge in [0.25, 0.3) is 5.91 Å². The lowest BCUT2D eigenvalue weighted by Crippen LogP contribution is -2.57. The van der Waals surface area contributed by atoms with Crippen molar-refractivity contribution in [2.75, 3.05) is 32.1 Å². The van der Waals surface area contributed by atoms with Crippen LogP contribution >= 0.6 is 11.8 Å². The third kappa shape index (κ3) is 3.29. The molecule has 2 fully saturated rings. The number of piperidine rings is 1. The Labute approximate surface area is 154 Å². The molecule has 2 aliphatic heterocycles. The minimum Gasteiger partial charge on any atom is -0.305 e. The SMILES string of the molecule is CSCC(C)N1CCC2(CC1)C(=O)N(C)C(=O)N2Cc1ccccc1. The molecule has 6 heteroatoms. The molecule has 2 saturated heterocycles. The molecule has 3 amide bonds. The van der Waals surface area contributed by atoms with Gasteiger partial charge in [0.2, 0.25) is 0 Å². The van der Waals surface area contributed by atoms with E-state index in [2.05, 4.69) is 18.1 Å². The number of carbonyl (C=O) groups is 2. The number of hydrogen-bond donors (Lipinski definition) is 0. The van der Waals surface area contributed by atoms with E-state index >= 15 is 0 Å². The molecule has 0 radical (unpaired) electrons. The lowest BCUT2D eigenvalue weighted by molar-refractivity contribution is -0.135. The molecule has 25 heavy (non-hydrogen) atoms. The topological polar surface area (TPSA) is 43.9 Å². The molecular formula is C19H27N3O2S. The van der Waals surface area contributed by atoms with Crippen molar-refractivity contribution in [3.8, 4) is 0 Å². The van der Waals surface area contributed by atoms with Gasteiger partial charge in [-0.25, -0.2) is 4.79 Å². The van der Waals surface area contributed by atoms with E-state index in [9.17, 15) is 9.59 Å². The summed E-state index contributed by atoms with van der Waals surface area (Å²) in [4.78, 5) is 31.2. The van der Waals surface area contributed by atoms with E-state index < -0.39 is 5.54 Å². The highest BCUT2D eigenvalue weighted by Crippen LogP contribution is 2.38. The number of imide groups is 1. The second-order valence-electron chi connectivity index (χ2n) is 7.09. The van der Waals surface area contributed by atoms with E-state index in [1.165, 1.54) is 4.90 Å². The van der Waals surface area contributed by atoms with E-state index in [1.54, 1.807) is 11.9 Å². The molecule has 0 N–H and O–H groups in total. The Morgan fingerprint density at radius 3 is 2.40 bits per heavy atom. The standard InChI is InChI=1S/C19H27N3O2S/c1-15(14-25-3)21-11-9-19(10-12-21)17(23)20(2)18(24)22(19)13-16-7-5-4-6-8-16/h4-8,15H,9-14H2,1-3H3. The molecule has 0 bridgehead atoms. The van der Waals surface area contributed by atoms with E-state index in [4.69, 9.17) is 0 Å². The van der Waals surface area contributed by atoms with Crippen molar-refractivity contribution in [2.24, 2.45) is 0 Å². The second-order valence-corrected chi connectivity index (χ2v) is 8.00. The van der Waals surface area contributed by atoms with Gasteiger partial charge < -0.3 is 4.90 Å². The number of carbonyl (C=O) groups excluding carboxylic acids is 2. The highest BCUT2D eigenvalue weighted by atomic mass is 32.2. The van der Waals surface area contributed by atoms with Crippen molar-refractivity contribution in [3.05, 3.63) is 35.9 Å². The van der Waals surface area contributed by atoms with Crippen molar-refractivity contribution >= 4 is 23.7 Å². The number of thioether (sulfide) groups is 1. The zero-order valence-corrected chi connectivity index (χ0v) is 16.1. The van der Waals surface area contributed by atoms with Gasteiger partial charge in [0, 0.05) is 38.5 Å². The van der Waals surface area contributed by atoms with Gasteiger partial charge >= 0.3 is 6.03 Å². The number of rotatable bonds is 5. The smallest absolute Gasteiger partial charge is 0.305 e. The molecule has 3 rings (SSSR count). The van der Waals surface area contributed by atoms with Gasteiger partial charge in [-0.1, -0.05) is 30.3 Å². The minimum atomic E-state index is -0.669. The molecule has 2 heterocycles. The zero-order chi connectivity index (χ0) is 18.0. The normalized spacial score (nSPS) is 22.0. The van der Waals surface area contributed by atoms with Gasteiger partial charge in [-0.3, -0.25) is 14.6 Å². The maximum atomic E-state index is 12.9. The minimum absolute atomic E-state index is 0.0365. The predicted molar refractivity (Wildman–Crippen MR) is 102 cm³/mol. The summed E-state index contributed by atoms with van der Waals surface area (Å²) in [7, 11) is 1.61. The first-order valence-corrected chi connectivity index (χ1v) is 10.3. The van der Waals surface area contributed by atoms with Crippen LogP contribution in [0.2, 0.25) is 0 Å². The Kier molecular flexibility index (Phi) is 5.39. The van der Waals surface area contributed by atoms with Crippen molar-refractivity contribution in [1.29, 1.82) is 0 Å². The molecule has 2 aliphatic rings. The van der Waals surface area contributed by atoms with E-state index in [1.807, 2.05) is 42.1 Å². The summed E-state index contributed by atoms with van der Waals surface area (Å²) in [5, 5.41) is 0. The van der Waals surface area contributed by atoms with E-state index in [0.717, 1.165) is 24.4 Å². The lowest BCUT2D eigenvalue weighted by Gasteiger charge is -2.44. The third-order valence-electron chi connectivity index (χ3n) is 5.58. The number of benzene rings is 1. The highest BCUT2D eigenvalue weighted by Gasteiger charge is 2.56. The fraction of sp³-hybridized carbons (Fsp3) is 0.579. The van der Waals surface area contributed by atoms with Gasteiger partial charge in [0.15, 0.2) is 0 Å². The summed E-state index contributed by atoms with van der Waals surface area (Å²) in [5.41, 5.74) is 0.397. The van der Waals surface area contributed by atoms with E-state index in [-0.39, 0.29) is 11.9 Å². The first-order chi connectivity index (χ1) is 12.0. The Hall–Kier alpha value is -1.53. The molecule has 5 nitrogen and oxygen atoms in total. The summed E-state index contributed by atoms with van der Waals surface area (Å²) < 4.78 is 0. The monoisotopic (exact) mass is 361 g/mol. The summed E-state index contributed by atoms with van der Waals surface area (Å²) in [6.07, 6.45) is 3.55. The number of likely N-dealkylation sites (tertiary alicyclic amines) is 1. The van der Waals surface area contributed by atoms with Crippen LogP contribution in [0.15, 0.2) is 30.3 Å². The molecule has 0 aliphatic carbocycles. The van der Waals surface area contributed by atoms with Crippen molar-refractivity contribution in [3.63, 3.8) is 0 Å². The number of hydrogen-bond acceptors (Lipinski definition) is 4. The van der Waals surface area contributed by atoms with Gasteiger partial charge in [-0.05, 0) is 31.6 Å². The molecule has 136 valence electrons. The number of urea groups is 1. The Balaban J connectivity index is 1.80. The van der Waals surface area contributed by atoms with Crippen LogP contribution in [0.4, 0.5) is 4.79 Å². The summed E-state index contributed by atoms with van der Waals surface area (Å²) in [5.74, 6) is 1.05. The molecule has 0 saturated carbocycles. The zero-order valence-electron chi connectivity index (χ0n) is 15.3. The molecule has 1 unspecified atom stereocenters. The summed E-state index contributed by atoms with van der Waals surface area (Å²) in [6.45, 7) is 4.46. The first kappa shape index (κ1) is 18.3. The highest BCUT2D eigenvalue weighted by molar-refractivity contribution is 7.98. The molecule has 0 aromatic heterocycles. The fourth-order valence-electron chi connectivity index (χ4n) is 4.03. The van der Waals surface area contributed by atoms with Crippen LogP contribution in [0.5, 0.6) is 0 Å². The lowest BCUT2D eigenvalue weighted by atomic mass is 9.85. The molecule has 1 spiro atoms. The van der Waals surface area contributed by atoms with Crippen molar-refractivity contribution < 1.29 is 9.59 Å². The van der Waals surface area contributed by atoms with Gasteiger partial charge in [0.05, 0.1) is 0 Å². The van der Waals surface area contributed by atoms with Crippen molar-refractivity contribution in [1.82, 2.24) is 14.7 Å². The van der Waals surface area contributed by atoms with Gasteiger partial charge in [-0.2, -0.15) is 11.8 Å². The van der Waals surface area contributed by atoms with Crippen molar-refractivity contribution in [2.45, 2.75) is 37.9 Å². The number of nitrogens with zero attached hydrogens (tertiary/aromatic N) is 3. The number of likely N-dealkylation sites (N-methyl/N-ethyl adjacent to an activating group) is 1. The van der Waals surface area contributed by atoms with Gasteiger partial charge in [-0.15, -0.1) is 0 Å². The molecule has 1 aromatic carbocycles. The maximum Gasteiger partial charge on any atom is 0.327 e. The average Bonchev–Trinajstić information content (AvgIpc) is 2.80. The van der Waals surface area contributed by atoms with Crippen LogP contribution in [-0.4, -0.2) is 70.4 Å². The summed E-state index contributed by atoms with van der Waals surface area (Å²) in [6, 6.07) is 10.3. The number of amides is 3. The van der Waals surface area contributed by atoms with Crippen LogP contribution in [0.1, 0.15) is 25.3 Å². The van der Waals surface area contributed by atoms with E-state index in [0.29, 0.717) is 25.4 Å². The Bertz CT molecular complexity index is 629. The van der Waals surface area contributed by atoms with Crippen LogP contribution in [0.3, 0.4) is 0 Å². The van der Waals surface area contributed by atoms with Crippen LogP contribution in [-0.2, 0) is 11.3 Å². The second kappa shape index (κ2) is 7.38. The largest absolute Gasteiger partial charge is 0.327 e. The van der Waals surface area contributed by atoms with Crippen LogP contribution in [0, 0.1) is 0 Å². The van der Waals surface area contributed by atoms with Crippen LogP contribution < -0.4 is 0 Å². The third-order valence-corrected chi connectivity index (χ3v) is 6.39. The summed E-state index contributed by atoms with van der Waals surface area (Å²) >= 11 is 1.85. The Morgan fingerprint density at radius 1 is 1.16 bits per heavy atom. The quantitative estimate of drug-likeness (QED) is 0.757. The maximum absolute atomic E-state index is 12.9. The first-order valence-electron chi connectivity index (χ1n) is 8.86. The molecule has 1 aromatic rings. The Morgan fingerprint density at radius 2 is 1.80 bits per heavy atom. The average molecular weight is 362 g/mol. The van der Waals surface area contributed by atoms with Gasteiger partial charge in [0.1, 0.15) is 5.54 Å². The molecular weight excluding hydrogens is 334 g/mol. The fourth-order valence-corrected chi connectivity index (χ4v) is 4.72. The molecule has 1 atom stereocenters.